The lowest BCUT2D eigenvalue weighted by Crippen LogP contribution is -2.47. The number of pyridine rings is 1. The molecule has 2 aromatic heterocycles. The van der Waals surface area contributed by atoms with Crippen LogP contribution in [0.2, 0.25) is 0 Å². The van der Waals surface area contributed by atoms with Crippen LogP contribution < -0.4 is 4.74 Å². The molecule has 1 saturated carbocycles. The quantitative estimate of drug-likeness (QED) is 0.671. The number of likely N-dealkylation sites (tertiary alicyclic amines) is 1. The molecule has 1 N–H and O–H groups in total. The fourth-order valence-corrected chi connectivity index (χ4v) is 5.46. The van der Waals surface area contributed by atoms with Gasteiger partial charge in [0.2, 0.25) is 5.88 Å². The number of hydrogen-bond donors (Lipinski definition) is 1. The Hall–Kier alpha value is -1.83. The lowest BCUT2D eigenvalue weighted by Gasteiger charge is -2.40. The number of fused-ring (bicyclic) bond motifs is 1. The zero-order valence-corrected chi connectivity index (χ0v) is 20.8. The minimum absolute atomic E-state index is 0.138. The molecule has 3 atom stereocenters. The van der Waals surface area contributed by atoms with Gasteiger partial charge in [0.15, 0.2) is 0 Å². The predicted molar refractivity (Wildman–Crippen MR) is 130 cm³/mol. The van der Waals surface area contributed by atoms with Crippen LogP contribution in [-0.4, -0.2) is 70.0 Å². The number of nitrogens with zero attached hydrogens (tertiary/aromatic N) is 4. The smallest absolute Gasteiger partial charge is 0.224 e. The Balaban J connectivity index is 1.66. The predicted octanol–water partition coefficient (Wildman–Crippen LogP) is 4.12. The van der Waals surface area contributed by atoms with Crippen LogP contribution in [0.25, 0.3) is 10.9 Å². The van der Waals surface area contributed by atoms with Crippen LogP contribution in [0.3, 0.4) is 0 Å². The van der Waals surface area contributed by atoms with E-state index in [0.29, 0.717) is 36.4 Å². The Morgan fingerprint density at radius 2 is 1.79 bits per heavy atom. The molecule has 1 aliphatic carbocycles. The van der Waals surface area contributed by atoms with Gasteiger partial charge in [-0.3, -0.25) is 0 Å². The third-order valence-corrected chi connectivity index (χ3v) is 7.66. The molecule has 2 aliphatic rings. The second-order valence-corrected chi connectivity index (χ2v) is 10.4. The molecule has 4 rings (SSSR count). The summed E-state index contributed by atoms with van der Waals surface area (Å²) >= 11 is 0. The van der Waals surface area contributed by atoms with Gasteiger partial charge < -0.3 is 19.5 Å². The third-order valence-electron chi connectivity index (χ3n) is 7.66. The number of aliphatic hydroxyl groups excluding tert-OH is 1. The van der Waals surface area contributed by atoms with E-state index in [1.807, 2.05) is 12.4 Å². The Morgan fingerprint density at radius 1 is 1.09 bits per heavy atom. The van der Waals surface area contributed by atoms with Crippen LogP contribution in [0.5, 0.6) is 5.88 Å². The van der Waals surface area contributed by atoms with Crippen molar-refractivity contribution in [1.29, 1.82) is 0 Å². The lowest BCUT2D eigenvalue weighted by molar-refractivity contribution is 0.0415. The van der Waals surface area contributed by atoms with E-state index in [9.17, 15) is 5.11 Å². The fourth-order valence-electron chi connectivity index (χ4n) is 5.46. The zero-order valence-electron chi connectivity index (χ0n) is 20.8. The summed E-state index contributed by atoms with van der Waals surface area (Å²) in [4.78, 5) is 16.9. The Kier molecular flexibility index (Phi) is 7.82. The van der Waals surface area contributed by atoms with Gasteiger partial charge in [0, 0.05) is 50.2 Å². The number of rotatable bonds is 7. The summed E-state index contributed by atoms with van der Waals surface area (Å²) in [7, 11) is 3.92. The van der Waals surface area contributed by atoms with Gasteiger partial charge in [-0.2, -0.15) is 0 Å². The molecule has 1 saturated heterocycles. The van der Waals surface area contributed by atoms with Crippen molar-refractivity contribution >= 4 is 10.9 Å². The van der Waals surface area contributed by atoms with E-state index >= 15 is 0 Å². The van der Waals surface area contributed by atoms with E-state index in [1.165, 1.54) is 0 Å². The molecule has 0 unspecified atom stereocenters. The summed E-state index contributed by atoms with van der Waals surface area (Å²) in [6.45, 7) is 7.36. The number of aromatic nitrogens is 3. The molecule has 0 bridgehead atoms. The number of methoxy groups -OCH3 is 1. The van der Waals surface area contributed by atoms with Crippen molar-refractivity contribution < 1.29 is 14.6 Å². The normalized spacial score (nSPS) is 29.8. The zero-order chi connectivity index (χ0) is 23.5. The molecule has 1 aliphatic heterocycles. The topological polar surface area (TPSA) is 80.6 Å². The van der Waals surface area contributed by atoms with Gasteiger partial charge in [-0.05, 0) is 71.3 Å². The summed E-state index contributed by atoms with van der Waals surface area (Å²) < 4.78 is 11.8. The van der Waals surface area contributed by atoms with Crippen molar-refractivity contribution in [3.05, 3.63) is 23.8 Å². The van der Waals surface area contributed by atoms with E-state index < -0.39 is 0 Å². The SMILES string of the molecule is COC[C@H](C)Cc1ncc2c(OC3C[C@H](C)N(C)[C@@H](C)C3)ncc(C3CCC(O)CC3)c2n1. The molecule has 7 heteroatoms. The minimum atomic E-state index is -0.184. The number of aliphatic hydroxyl groups is 1. The maximum Gasteiger partial charge on any atom is 0.224 e. The largest absolute Gasteiger partial charge is 0.474 e. The summed E-state index contributed by atoms with van der Waals surface area (Å²) in [5, 5.41) is 10.9. The molecule has 0 spiro atoms. The average molecular weight is 457 g/mol. The van der Waals surface area contributed by atoms with Crippen molar-refractivity contribution in [2.24, 2.45) is 5.92 Å². The van der Waals surface area contributed by atoms with Crippen LogP contribution in [-0.2, 0) is 11.2 Å². The second kappa shape index (κ2) is 10.6. The monoisotopic (exact) mass is 456 g/mol. The van der Waals surface area contributed by atoms with Crippen molar-refractivity contribution in [3.63, 3.8) is 0 Å². The van der Waals surface area contributed by atoms with E-state index in [2.05, 4.69) is 37.7 Å². The highest BCUT2D eigenvalue weighted by Crippen LogP contribution is 2.38. The van der Waals surface area contributed by atoms with E-state index in [-0.39, 0.29) is 12.2 Å². The van der Waals surface area contributed by atoms with Crippen LogP contribution in [0.1, 0.15) is 76.6 Å². The van der Waals surface area contributed by atoms with Crippen LogP contribution >= 0.6 is 0 Å². The molecular weight excluding hydrogens is 416 g/mol. The highest BCUT2D eigenvalue weighted by Gasteiger charge is 2.31. The Bertz CT molecular complexity index is 919. The van der Waals surface area contributed by atoms with Gasteiger partial charge in [0.25, 0.3) is 0 Å². The van der Waals surface area contributed by atoms with Gasteiger partial charge in [0.05, 0.1) is 17.0 Å². The first-order valence-corrected chi connectivity index (χ1v) is 12.6. The Morgan fingerprint density at radius 3 is 2.45 bits per heavy atom. The molecule has 0 amide bonds. The van der Waals surface area contributed by atoms with Crippen molar-refractivity contribution in [1.82, 2.24) is 19.9 Å². The Labute approximate surface area is 197 Å². The molecule has 182 valence electrons. The molecular formula is C26H40N4O3. The van der Waals surface area contributed by atoms with Gasteiger partial charge in [-0.25, -0.2) is 15.0 Å². The van der Waals surface area contributed by atoms with Crippen LogP contribution in [0.15, 0.2) is 12.4 Å². The van der Waals surface area contributed by atoms with Crippen molar-refractivity contribution in [2.45, 2.75) is 95.9 Å². The molecule has 2 aromatic rings. The fraction of sp³-hybridized carbons (Fsp3) is 0.731. The maximum absolute atomic E-state index is 9.99. The van der Waals surface area contributed by atoms with E-state index in [0.717, 1.165) is 67.2 Å². The first kappa shape index (κ1) is 24.3. The summed E-state index contributed by atoms with van der Waals surface area (Å²) in [6.07, 6.45) is 10.2. The van der Waals surface area contributed by atoms with Gasteiger partial charge >= 0.3 is 0 Å². The van der Waals surface area contributed by atoms with E-state index in [1.54, 1.807) is 7.11 Å². The standard InChI is InChI=1S/C26H40N4O3/c1-16(15-32-5)10-24-27-14-23-25(29-24)22(19-6-8-20(31)9-7-19)13-28-26(23)33-21-11-17(2)30(4)18(3)12-21/h13-14,16-21,31H,6-12,15H2,1-5H3/t16-,17+,18+,19?,20?/m1/s1. The number of hydrogen-bond acceptors (Lipinski definition) is 7. The van der Waals surface area contributed by atoms with E-state index in [4.69, 9.17) is 19.4 Å². The number of piperidine rings is 1. The average Bonchev–Trinajstić information content (AvgIpc) is 2.78. The van der Waals surface area contributed by atoms with Gasteiger partial charge in [-0.1, -0.05) is 6.92 Å². The summed E-state index contributed by atoms with van der Waals surface area (Å²) in [5.74, 6) is 2.19. The molecule has 2 fully saturated rings. The maximum atomic E-state index is 9.99. The number of ether oxygens (including phenoxy) is 2. The molecule has 0 radical (unpaired) electrons. The molecule has 7 nitrogen and oxygen atoms in total. The second-order valence-electron chi connectivity index (χ2n) is 10.4. The van der Waals surface area contributed by atoms with Crippen molar-refractivity contribution in [2.75, 3.05) is 20.8 Å². The van der Waals surface area contributed by atoms with Crippen LogP contribution in [0, 0.1) is 5.92 Å². The highest BCUT2D eigenvalue weighted by atomic mass is 16.5. The third kappa shape index (κ3) is 5.64. The summed E-state index contributed by atoms with van der Waals surface area (Å²) in [6, 6.07) is 0.950. The van der Waals surface area contributed by atoms with Crippen molar-refractivity contribution in [3.8, 4) is 5.88 Å². The minimum Gasteiger partial charge on any atom is -0.474 e. The lowest BCUT2D eigenvalue weighted by atomic mass is 9.82. The van der Waals surface area contributed by atoms with Gasteiger partial charge in [-0.15, -0.1) is 0 Å². The molecule has 33 heavy (non-hydrogen) atoms. The summed E-state index contributed by atoms with van der Waals surface area (Å²) in [5.41, 5.74) is 2.13. The highest BCUT2D eigenvalue weighted by molar-refractivity contribution is 5.85. The molecule has 3 heterocycles. The van der Waals surface area contributed by atoms with Crippen LogP contribution in [0.4, 0.5) is 0 Å². The first-order valence-electron chi connectivity index (χ1n) is 12.6. The molecule has 0 aromatic carbocycles. The van der Waals surface area contributed by atoms with Gasteiger partial charge in [0.1, 0.15) is 11.9 Å². The first-order chi connectivity index (χ1) is 15.9.